The zero-order valence-corrected chi connectivity index (χ0v) is 8.32. The minimum atomic E-state index is -0.245. The number of hydrogen-bond donors (Lipinski definition) is 0. The molecule has 2 saturated heterocycles. The maximum absolute atomic E-state index is 8.74. The number of nitriles is 1. The van der Waals surface area contributed by atoms with Crippen LogP contribution in [0.1, 0.15) is 12.8 Å². The van der Waals surface area contributed by atoms with Crippen LogP contribution in [0.15, 0.2) is 0 Å². The summed E-state index contributed by atoms with van der Waals surface area (Å²) in [6.07, 6.45) is 2.48. The molecule has 2 fully saturated rings. The van der Waals surface area contributed by atoms with Crippen LogP contribution in [0.4, 0.5) is 0 Å². The first-order chi connectivity index (χ1) is 6.88. The maximum atomic E-state index is 8.74. The first-order valence-corrected chi connectivity index (χ1v) is 5.23. The van der Waals surface area contributed by atoms with E-state index in [4.69, 9.17) is 14.7 Å². The zero-order valence-electron chi connectivity index (χ0n) is 8.32. The third-order valence-electron chi connectivity index (χ3n) is 2.78. The summed E-state index contributed by atoms with van der Waals surface area (Å²) in [5.74, 6) is 0. The molecular formula is C10H16N2O2. The molecule has 2 aliphatic heterocycles. The highest BCUT2D eigenvalue weighted by atomic mass is 16.5. The highest BCUT2D eigenvalue weighted by Gasteiger charge is 2.24. The average Bonchev–Trinajstić information content (AvgIpc) is 2.71. The summed E-state index contributed by atoms with van der Waals surface area (Å²) in [4.78, 5) is 2.27. The van der Waals surface area contributed by atoms with Gasteiger partial charge in [-0.15, -0.1) is 0 Å². The molecule has 0 aromatic carbocycles. The number of morpholine rings is 1. The van der Waals surface area contributed by atoms with Gasteiger partial charge < -0.3 is 9.47 Å². The lowest BCUT2D eigenvalue weighted by Gasteiger charge is -2.31. The van der Waals surface area contributed by atoms with Gasteiger partial charge in [0.15, 0.2) is 6.10 Å². The molecule has 0 radical (unpaired) electrons. The van der Waals surface area contributed by atoms with Crippen LogP contribution in [0.25, 0.3) is 0 Å². The zero-order chi connectivity index (χ0) is 9.80. The molecule has 14 heavy (non-hydrogen) atoms. The molecule has 0 aromatic heterocycles. The molecule has 0 aliphatic carbocycles. The number of ether oxygens (including phenoxy) is 2. The van der Waals surface area contributed by atoms with Crippen LogP contribution in [0.5, 0.6) is 0 Å². The van der Waals surface area contributed by atoms with Gasteiger partial charge in [-0.05, 0) is 12.8 Å². The average molecular weight is 196 g/mol. The highest BCUT2D eigenvalue weighted by Crippen LogP contribution is 2.14. The van der Waals surface area contributed by atoms with Gasteiger partial charge in [0.2, 0.25) is 0 Å². The van der Waals surface area contributed by atoms with E-state index in [0.29, 0.717) is 12.7 Å². The molecule has 4 heteroatoms. The van der Waals surface area contributed by atoms with Crippen LogP contribution >= 0.6 is 0 Å². The third-order valence-corrected chi connectivity index (χ3v) is 2.78. The number of nitrogens with zero attached hydrogens (tertiary/aromatic N) is 2. The van der Waals surface area contributed by atoms with E-state index >= 15 is 0 Å². The Balaban J connectivity index is 1.77. The van der Waals surface area contributed by atoms with E-state index in [2.05, 4.69) is 11.0 Å². The molecule has 2 heterocycles. The Morgan fingerprint density at radius 3 is 3.00 bits per heavy atom. The maximum Gasteiger partial charge on any atom is 0.156 e. The van der Waals surface area contributed by atoms with Crippen LogP contribution in [0, 0.1) is 11.3 Å². The van der Waals surface area contributed by atoms with Gasteiger partial charge in [0.1, 0.15) is 0 Å². The van der Waals surface area contributed by atoms with Gasteiger partial charge in [-0.3, -0.25) is 4.90 Å². The van der Waals surface area contributed by atoms with E-state index < -0.39 is 0 Å². The highest BCUT2D eigenvalue weighted by molar-refractivity contribution is 4.89. The second kappa shape index (κ2) is 4.74. The Morgan fingerprint density at radius 1 is 1.36 bits per heavy atom. The van der Waals surface area contributed by atoms with Crippen molar-refractivity contribution in [2.24, 2.45) is 0 Å². The van der Waals surface area contributed by atoms with Gasteiger partial charge in [-0.1, -0.05) is 0 Å². The lowest BCUT2D eigenvalue weighted by Crippen LogP contribution is -2.44. The summed E-state index contributed by atoms with van der Waals surface area (Å²) in [6.45, 7) is 4.19. The SMILES string of the molecule is N#CC1CN(CC2CCCO2)CCO1. The first kappa shape index (κ1) is 9.91. The van der Waals surface area contributed by atoms with E-state index in [1.807, 2.05) is 0 Å². The summed E-state index contributed by atoms with van der Waals surface area (Å²) in [7, 11) is 0. The third kappa shape index (κ3) is 2.44. The normalized spacial score (nSPS) is 34.2. The standard InChI is InChI=1S/C10H16N2O2/c11-6-10-8-12(3-5-14-10)7-9-2-1-4-13-9/h9-10H,1-5,7-8H2. The fraction of sp³-hybridized carbons (Fsp3) is 0.900. The Morgan fingerprint density at radius 2 is 2.29 bits per heavy atom. The quantitative estimate of drug-likeness (QED) is 0.641. The van der Waals surface area contributed by atoms with E-state index in [1.165, 1.54) is 6.42 Å². The predicted octanol–water partition coefficient (Wildman–Crippen LogP) is 0.390. The predicted molar refractivity (Wildman–Crippen MR) is 50.8 cm³/mol. The molecule has 0 saturated carbocycles. The Kier molecular flexibility index (Phi) is 3.35. The Bertz CT molecular complexity index is 221. The largest absolute Gasteiger partial charge is 0.377 e. The van der Waals surface area contributed by atoms with Crippen LogP contribution in [0.2, 0.25) is 0 Å². The van der Waals surface area contributed by atoms with Gasteiger partial charge >= 0.3 is 0 Å². The van der Waals surface area contributed by atoms with Crippen molar-refractivity contribution in [1.82, 2.24) is 4.90 Å². The van der Waals surface area contributed by atoms with Crippen molar-refractivity contribution in [3.8, 4) is 6.07 Å². The molecule has 0 bridgehead atoms. The number of rotatable bonds is 2. The first-order valence-electron chi connectivity index (χ1n) is 5.23. The van der Waals surface area contributed by atoms with E-state index in [-0.39, 0.29) is 6.10 Å². The van der Waals surface area contributed by atoms with Gasteiger partial charge in [0.25, 0.3) is 0 Å². The van der Waals surface area contributed by atoms with E-state index in [1.54, 1.807) is 0 Å². The van der Waals surface area contributed by atoms with Crippen LogP contribution < -0.4 is 0 Å². The van der Waals surface area contributed by atoms with Crippen molar-refractivity contribution in [2.45, 2.75) is 25.0 Å². The topological polar surface area (TPSA) is 45.5 Å². The summed E-state index contributed by atoms with van der Waals surface area (Å²) in [6, 6.07) is 2.15. The van der Waals surface area contributed by atoms with Crippen molar-refractivity contribution >= 4 is 0 Å². The van der Waals surface area contributed by atoms with Crippen molar-refractivity contribution < 1.29 is 9.47 Å². The molecule has 0 spiro atoms. The van der Waals surface area contributed by atoms with Crippen molar-refractivity contribution in [3.63, 3.8) is 0 Å². The molecule has 0 N–H and O–H groups in total. The van der Waals surface area contributed by atoms with Gasteiger partial charge in [-0.25, -0.2) is 0 Å². The second-order valence-electron chi connectivity index (χ2n) is 3.88. The molecule has 2 unspecified atom stereocenters. The van der Waals surface area contributed by atoms with Crippen molar-refractivity contribution in [1.29, 1.82) is 5.26 Å². The van der Waals surface area contributed by atoms with Crippen molar-refractivity contribution in [2.75, 3.05) is 32.8 Å². The van der Waals surface area contributed by atoms with E-state index in [9.17, 15) is 0 Å². The lowest BCUT2D eigenvalue weighted by molar-refractivity contribution is -0.0197. The monoisotopic (exact) mass is 196 g/mol. The molecule has 2 rings (SSSR count). The van der Waals surface area contributed by atoms with E-state index in [0.717, 1.165) is 32.7 Å². The van der Waals surface area contributed by atoms with Crippen LogP contribution in [-0.2, 0) is 9.47 Å². The number of hydrogen-bond acceptors (Lipinski definition) is 4. The molecule has 2 atom stereocenters. The lowest BCUT2D eigenvalue weighted by atomic mass is 10.2. The fourth-order valence-corrected chi connectivity index (χ4v) is 2.02. The second-order valence-corrected chi connectivity index (χ2v) is 3.88. The summed E-state index contributed by atoms with van der Waals surface area (Å²) in [5, 5.41) is 8.74. The summed E-state index contributed by atoms with van der Waals surface area (Å²) in [5.41, 5.74) is 0. The molecule has 4 nitrogen and oxygen atoms in total. The van der Waals surface area contributed by atoms with Gasteiger partial charge in [0.05, 0.1) is 18.8 Å². The fourth-order valence-electron chi connectivity index (χ4n) is 2.02. The minimum Gasteiger partial charge on any atom is -0.377 e. The summed E-state index contributed by atoms with van der Waals surface area (Å²) >= 11 is 0. The Hall–Kier alpha value is -0.630. The minimum absolute atomic E-state index is 0.245. The molecule has 0 amide bonds. The molecule has 0 aromatic rings. The van der Waals surface area contributed by atoms with Crippen LogP contribution in [0.3, 0.4) is 0 Å². The van der Waals surface area contributed by atoms with Gasteiger partial charge in [0, 0.05) is 26.2 Å². The Labute approximate surface area is 84.4 Å². The molecular weight excluding hydrogens is 180 g/mol. The summed E-state index contributed by atoms with van der Waals surface area (Å²) < 4.78 is 10.8. The molecule has 2 aliphatic rings. The van der Waals surface area contributed by atoms with Crippen molar-refractivity contribution in [3.05, 3.63) is 0 Å². The van der Waals surface area contributed by atoms with Gasteiger partial charge in [-0.2, -0.15) is 5.26 Å². The molecule has 78 valence electrons. The van der Waals surface area contributed by atoms with Crippen LogP contribution in [-0.4, -0.2) is 50.0 Å². The smallest absolute Gasteiger partial charge is 0.156 e.